The van der Waals surface area contributed by atoms with Gasteiger partial charge in [0.1, 0.15) is 0 Å². The van der Waals surface area contributed by atoms with E-state index in [4.69, 9.17) is 11.6 Å². The molecule has 1 atom stereocenters. The van der Waals surface area contributed by atoms with Gasteiger partial charge in [-0.1, -0.05) is 27.5 Å². The van der Waals surface area contributed by atoms with Crippen LogP contribution in [-0.2, 0) is 0 Å². The van der Waals surface area contributed by atoms with Crippen LogP contribution in [0.3, 0.4) is 0 Å². The van der Waals surface area contributed by atoms with Gasteiger partial charge in [-0.25, -0.2) is 0 Å². The summed E-state index contributed by atoms with van der Waals surface area (Å²) in [5.41, 5.74) is 0.548. The Morgan fingerprint density at radius 1 is 1.61 bits per heavy atom. The first kappa shape index (κ1) is 13.8. The van der Waals surface area contributed by atoms with E-state index in [9.17, 15) is 4.79 Å². The molecule has 1 aromatic carbocycles. The van der Waals surface area contributed by atoms with Crippen molar-refractivity contribution in [2.45, 2.75) is 18.9 Å². The smallest absolute Gasteiger partial charge is 0.255 e. The van der Waals surface area contributed by atoms with Crippen molar-refractivity contribution in [3.05, 3.63) is 33.3 Å². The summed E-state index contributed by atoms with van der Waals surface area (Å²) in [5.74, 6) is -0.0324. The standard InChI is InChI=1S/C13H16BrClN2O/c1-17(8-10-3-2-6-16-10)13(18)11-7-9(14)4-5-12(11)15/h4-5,7,10,16H,2-3,6,8H2,1H3. The third-order valence-corrected chi connectivity index (χ3v) is 3.98. The maximum atomic E-state index is 12.3. The second-order valence-corrected chi connectivity index (χ2v) is 5.93. The van der Waals surface area contributed by atoms with Crippen LogP contribution in [0, 0.1) is 0 Å². The minimum absolute atomic E-state index is 0.0324. The number of nitrogens with zero attached hydrogens (tertiary/aromatic N) is 1. The molecule has 1 fully saturated rings. The molecule has 0 radical (unpaired) electrons. The number of likely N-dealkylation sites (N-methyl/N-ethyl adjacent to an activating group) is 1. The highest BCUT2D eigenvalue weighted by Crippen LogP contribution is 2.22. The second-order valence-electron chi connectivity index (χ2n) is 4.60. The van der Waals surface area contributed by atoms with E-state index in [1.165, 1.54) is 6.42 Å². The molecular formula is C13H16BrClN2O. The van der Waals surface area contributed by atoms with Gasteiger partial charge >= 0.3 is 0 Å². The number of hydrogen-bond acceptors (Lipinski definition) is 2. The third-order valence-electron chi connectivity index (χ3n) is 3.16. The van der Waals surface area contributed by atoms with Gasteiger partial charge in [0.2, 0.25) is 0 Å². The zero-order valence-electron chi connectivity index (χ0n) is 10.2. The van der Waals surface area contributed by atoms with Crippen LogP contribution in [0.4, 0.5) is 0 Å². The summed E-state index contributed by atoms with van der Waals surface area (Å²) in [4.78, 5) is 14.0. The Hall–Kier alpha value is -0.580. The summed E-state index contributed by atoms with van der Waals surface area (Å²) in [6, 6.07) is 5.74. The summed E-state index contributed by atoms with van der Waals surface area (Å²) in [6.07, 6.45) is 2.31. The SMILES string of the molecule is CN(CC1CCCN1)C(=O)c1cc(Br)ccc1Cl. The lowest BCUT2D eigenvalue weighted by molar-refractivity contribution is 0.0784. The summed E-state index contributed by atoms with van der Waals surface area (Å²) < 4.78 is 0.864. The number of rotatable bonds is 3. The fourth-order valence-corrected chi connectivity index (χ4v) is 2.75. The lowest BCUT2D eigenvalue weighted by atomic mass is 10.1. The molecule has 98 valence electrons. The lowest BCUT2D eigenvalue weighted by Crippen LogP contribution is -2.38. The molecule has 1 aliphatic heterocycles. The van der Waals surface area contributed by atoms with E-state index >= 15 is 0 Å². The van der Waals surface area contributed by atoms with Crippen molar-refractivity contribution in [1.29, 1.82) is 0 Å². The molecule has 1 aromatic rings. The van der Waals surface area contributed by atoms with Crippen LogP contribution >= 0.6 is 27.5 Å². The van der Waals surface area contributed by atoms with Gasteiger partial charge in [-0.2, -0.15) is 0 Å². The average molecular weight is 332 g/mol. The van der Waals surface area contributed by atoms with Crippen LogP contribution in [0.2, 0.25) is 5.02 Å². The van der Waals surface area contributed by atoms with Gasteiger partial charge in [-0.3, -0.25) is 4.79 Å². The predicted molar refractivity (Wildman–Crippen MR) is 77.1 cm³/mol. The number of carbonyl (C=O) groups is 1. The predicted octanol–water partition coefficient (Wildman–Crippen LogP) is 2.93. The second kappa shape index (κ2) is 6.04. The molecule has 0 saturated carbocycles. The number of halogens is 2. The first-order valence-electron chi connectivity index (χ1n) is 6.02. The minimum atomic E-state index is -0.0324. The van der Waals surface area contributed by atoms with Gasteiger partial charge in [-0.15, -0.1) is 0 Å². The topological polar surface area (TPSA) is 32.3 Å². The molecule has 0 bridgehead atoms. The van der Waals surface area contributed by atoms with E-state index in [1.54, 1.807) is 17.0 Å². The molecule has 1 amide bonds. The number of nitrogens with one attached hydrogen (secondary N) is 1. The molecule has 3 nitrogen and oxygen atoms in total. The first-order chi connectivity index (χ1) is 8.58. The van der Waals surface area contributed by atoms with Gasteiger partial charge in [0, 0.05) is 24.1 Å². The Morgan fingerprint density at radius 2 is 2.39 bits per heavy atom. The molecule has 0 aromatic heterocycles. The average Bonchev–Trinajstić information content (AvgIpc) is 2.84. The van der Waals surface area contributed by atoms with Crippen LogP contribution in [-0.4, -0.2) is 37.0 Å². The van der Waals surface area contributed by atoms with Gasteiger partial charge in [0.25, 0.3) is 5.91 Å². The Bertz CT molecular complexity index is 447. The summed E-state index contributed by atoms with van der Waals surface area (Å²) in [5, 5.41) is 3.88. The quantitative estimate of drug-likeness (QED) is 0.923. The highest BCUT2D eigenvalue weighted by molar-refractivity contribution is 9.10. The van der Waals surface area contributed by atoms with Crippen molar-refractivity contribution >= 4 is 33.4 Å². The third kappa shape index (κ3) is 3.25. The van der Waals surface area contributed by atoms with E-state index < -0.39 is 0 Å². The van der Waals surface area contributed by atoms with Crippen LogP contribution in [0.5, 0.6) is 0 Å². The zero-order chi connectivity index (χ0) is 13.1. The fourth-order valence-electron chi connectivity index (χ4n) is 2.19. The molecule has 1 saturated heterocycles. The minimum Gasteiger partial charge on any atom is -0.340 e. The van der Waals surface area contributed by atoms with Crippen molar-refractivity contribution in [3.8, 4) is 0 Å². The van der Waals surface area contributed by atoms with E-state index in [-0.39, 0.29) is 5.91 Å². The number of hydrogen-bond donors (Lipinski definition) is 1. The van der Waals surface area contributed by atoms with E-state index in [0.717, 1.165) is 24.0 Å². The Balaban J connectivity index is 2.07. The number of carbonyl (C=O) groups excluding carboxylic acids is 1. The summed E-state index contributed by atoms with van der Waals surface area (Å²) >= 11 is 9.43. The molecule has 1 heterocycles. The molecule has 0 aliphatic carbocycles. The molecule has 5 heteroatoms. The Labute approximate surface area is 121 Å². The van der Waals surface area contributed by atoms with Crippen molar-refractivity contribution in [2.75, 3.05) is 20.1 Å². The van der Waals surface area contributed by atoms with Crippen molar-refractivity contribution in [3.63, 3.8) is 0 Å². The van der Waals surface area contributed by atoms with Crippen molar-refractivity contribution in [1.82, 2.24) is 10.2 Å². The van der Waals surface area contributed by atoms with Crippen LogP contribution < -0.4 is 5.32 Å². The highest BCUT2D eigenvalue weighted by Gasteiger charge is 2.21. The summed E-state index contributed by atoms with van der Waals surface area (Å²) in [7, 11) is 1.82. The van der Waals surface area contributed by atoms with Crippen molar-refractivity contribution in [2.24, 2.45) is 0 Å². The summed E-state index contributed by atoms with van der Waals surface area (Å²) in [6.45, 7) is 1.77. The highest BCUT2D eigenvalue weighted by atomic mass is 79.9. The molecule has 2 rings (SSSR count). The van der Waals surface area contributed by atoms with Gasteiger partial charge in [0.05, 0.1) is 10.6 Å². The molecule has 1 aliphatic rings. The zero-order valence-corrected chi connectivity index (χ0v) is 12.6. The molecular weight excluding hydrogens is 316 g/mol. The van der Waals surface area contributed by atoms with Crippen LogP contribution in [0.15, 0.2) is 22.7 Å². The molecule has 1 N–H and O–H groups in total. The van der Waals surface area contributed by atoms with Crippen molar-refractivity contribution < 1.29 is 4.79 Å². The maximum Gasteiger partial charge on any atom is 0.255 e. The van der Waals surface area contributed by atoms with E-state index in [0.29, 0.717) is 16.6 Å². The molecule has 1 unspecified atom stereocenters. The number of amides is 1. The van der Waals surface area contributed by atoms with Gasteiger partial charge in [0.15, 0.2) is 0 Å². The largest absolute Gasteiger partial charge is 0.340 e. The maximum absolute atomic E-state index is 12.3. The van der Waals surface area contributed by atoms with Crippen LogP contribution in [0.1, 0.15) is 23.2 Å². The van der Waals surface area contributed by atoms with E-state index in [1.807, 2.05) is 13.1 Å². The monoisotopic (exact) mass is 330 g/mol. The normalized spacial score (nSPS) is 18.9. The fraction of sp³-hybridized carbons (Fsp3) is 0.462. The van der Waals surface area contributed by atoms with Crippen LogP contribution in [0.25, 0.3) is 0 Å². The first-order valence-corrected chi connectivity index (χ1v) is 7.19. The Kier molecular flexibility index (Phi) is 4.65. The van der Waals surface area contributed by atoms with E-state index in [2.05, 4.69) is 21.2 Å². The van der Waals surface area contributed by atoms with Gasteiger partial charge in [-0.05, 0) is 37.6 Å². The lowest BCUT2D eigenvalue weighted by Gasteiger charge is -2.22. The van der Waals surface area contributed by atoms with Gasteiger partial charge < -0.3 is 10.2 Å². The molecule has 18 heavy (non-hydrogen) atoms. The molecule has 0 spiro atoms. The Morgan fingerprint density at radius 3 is 3.06 bits per heavy atom. The number of benzene rings is 1.